The number of esters is 1. The lowest BCUT2D eigenvalue weighted by Crippen LogP contribution is -2.37. The van der Waals surface area contributed by atoms with Crippen molar-refractivity contribution in [3.8, 4) is 0 Å². The molecule has 0 saturated heterocycles. The van der Waals surface area contributed by atoms with Crippen LogP contribution in [0.1, 0.15) is 46.8 Å². The van der Waals surface area contributed by atoms with Crippen molar-refractivity contribution in [2.24, 2.45) is 5.92 Å². The van der Waals surface area contributed by atoms with Crippen molar-refractivity contribution in [2.45, 2.75) is 45.6 Å². The Morgan fingerprint density at radius 3 is 2.96 bits per heavy atom. The number of nitrogens with one attached hydrogen (secondary N) is 1. The van der Waals surface area contributed by atoms with Gasteiger partial charge in [0, 0.05) is 18.5 Å². The van der Waals surface area contributed by atoms with E-state index in [9.17, 15) is 9.59 Å². The zero-order valence-corrected chi connectivity index (χ0v) is 14.8. The number of methoxy groups -OCH3 is 1. The van der Waals surface area contributed by atoms with E-state index in [0.717, 1.165) is 12.8 Å². The van der Waals surface area contributed by atoms with E-state index in [0.29, 0.717) is 23.9 Å². The third-order valence-corrected chi connectivity index (χ3v) is 5.44. The fourth-order valence-electron chi connectivity index (χ4n) is 2.74. The van der Waals surface area contributed by atoms with Crippen molar-refractivity contribution in [2.75, 3.05) is 20.3 Å². The highest BCUT2D eigenvalue weighted by Crippen LogP contribution is 2.33. The van der Waals surface area contributed by atoms with Crippen LogP contribution in [0.5, 0.6) is 0 Å². The lowest BCUT2D eigenvalue weighted by atomic mass is 9.87. The predicted molar refractivity (Wildman–Crippen MR) is 89.9 cm³/mol. The first-order valence-corrected chi connectivity index (χ1v) is 8.96. The van der Waals surface area contributed by atoms with Gasteiger partial charge in [-0.05, 0) is 43.7 Å². The molecule has 0 bridgehead atoms. The van der Waals surface area contributed by atoms with Gasteiger partial charge in [-0.2, -0.15) is 0 Å². The van der Waals surface area contributed by atoms with Gasteiger partial charge in [-0.1, -0.05) is 13.3 Å². The fourth-order valence-corrected chi connectivity index (χ4v) is 3.83. The van der Waals surface area contributed by atoms with Crippen LogP contribution in [0.3, 0.4) is 0 Å². The van der Waals surface area contributed by atoms with Crippen molar-refractivity contribution in [3.63, 3.8) is 0 Å². The van der Waals surface area contributed by atoms with Crippen molar-refractivity contribution < 1.29 is 19.1 Å². The van der Waals surface area contributed by atoms with Crippen molar-refractivity contribution >= 4 is 23.2 Å². The van der Waals surface area contributed by atoms with Gasteiger partial charge in [0.05, 0.1) is 6.61 Å². The van der Waals surface area contributed by atoms with Crippen LogP contribution in [0, 0.1) is 5.92 Å². The lowest BCUT2D eigenvalue weighted by Gasteiger charge is -2.19. The predicted octanol–water partition coefficient (Wildman–Crippen LogP) is 2.57. The molecule has 6 heteroatoms. The molecule has 0 aromatic carbocycles. The van der Waals surface area contributed by atoms with Crippen LogP contribution in [0.4, 0.5) is 0 Å². The second kappa shape index (κ2) is 8.45. The number of thiophene rings is 1. The molecule has 2 rings (SSSR count). The first-order chi connectivity index (χ1) is 11.0. The minimum atomic E-state index is -0.804. The Hall–Kier alpha value is -1.40. The summed E-state index contributed by atoms with van der Waals surface area (Å²) >= 11 is 1.50. The molecular weight excluding hydrogens is 314 g/mol. The summed E-state index contributed by atoms with van der Waals surface area (Å²) in [5.41, 5.74) is 1.28. The van der Waals surface area contributed by atoms with Crippen molar-refractivity contribution in [1.29, 1.82) is 0 Å². The number of ether oxygens (including phenoxy) is 2. The lowest BCUT2D eigenvalue weighted by molar-refractivity contribution is -0.129. The maximum Gasteiger partial charge on any atom is 0.349 e. The highest BCUT2D eigenvalue weighted by molar-refractivity contribution is 7.14. The third-order valence-electron chi connectivity index (χ3n) is 4.22. The highest BCUT2D eigenvalue weighted by atomic mass is 32.1. The molecule has 0 radical (unpaired) electrons. The van der Waals surface area contributed by atoms with E-state index in [2.05, 4.69) is 12.2 Å². The van der Waals surface area contributed by atoms with Gasteiger partial charge in [-0.3, -0.25) is 4.79 Å². The summed E-state index contributed by atoms with van der Waals surface area (Å²) < 4.78 is 10.1. The van der Waals surface area contributed by atoms with Crippen LogP contribution in [0.2, 0.25) is 0 Å². The van der Waals surface area contributed by atoms with Gasteiger partial charge in [0.2, 0.25) is 0 Å². The molecule has 0 unspecified atom stereocenters. The van der Waals surface area contributed by atoms with Gasteiger partial charge in [0.1, 0.15) is 4.88 Å². The third kappa shape index (κ3) is 4.78. The number of aryl methyl sites for hydroxylation is 1. The summed E-state index contributed by atoms with van der Waals surface area (Å²) in [6.07, 6.45) is 3.65. The smallest absolute Gasteiger partial charge is 0.349 e. The molecule has 128 valence electrons. The molecule has 2 atom stereocenters. The average Bonchev–Trinajstić information content (AvgIpc) is 2.97. The monoisotopic (exact) mass is 339 g/mol. The van der Waals surface area contributed by atoms with E-state index in [1.807, 2.05) is 6.07 Å². The standard InChI is InChI=1S/C17H25NO4S/c1-4-12-5-6-14-13(9-12)10-15(23-14)17(20)22-11(2)16(19)18-7-8-21-3/h10-12H,4-9H2,1-3H3,(H,18,19)/t11-,12-/m0/s1. The first kappa shape index (κ1) is 17.9. The molecule has 1 aliphatic carbocycles. The van der Waals surface area contributed by atoms with E-state index in [4.69, 9.17) is 9.47 Å². The Morgan fingerprint density at radius 1 is 1.48 bits per heavy atom. The van der Waals surface area contributed by atoms with Crippen LogP contribution in [-0.2, 0) is 27.1 Å². The second-order valence-corrected chi connectivity index (χ2v) is 7.04. The number of hydrogen-bond donors (Lipinski definition) is 1. The Kier molecular flexibility index (Phi) is 6.59. The fraction of sp³-hybridized carbons (Fsp3) is 0.647. The van der Waals surface area contributed by atoms with Crippen molar-refractivity contribution in [1.82, 2.24) is 5.32 Å². The van der Waals surface area contributed by atoms with E-state index >= 15 is 0 Å². The van der Waals surface area contributed by atoms with Crippen LogP contribution >= 0.6 is 11.3 Å². The Balaban J connectivity index is 1.91. The second-order valence-electron chi connectivity index (χ2n) is 5.91. The molecule has 0 fully saturated rings. The molecule has 1 aromatic rings. The van der Waals surface area contributed by atoms with Gasteiger partial charge < -0.3 is 14.8 Å². The highest BCUT2D eigenvalue weighted by Gasteiger charge is 2.24. The quantitative estimate of drug-likeness (QED) is 0.612. The Morgan fingerprint density at radius 2 is 2.26 bits per heavy atom. The van der Waals surface area contributed by atoms with Gasteiger partial charge in [-0.15, -0.1) is 11.3 Å². The number of hydrogen-bond acceptors (Lipinski definition) is 5. The minimum absolute atomic E-state index is 0.303. The molecule has 1 aliphatic rings. The first-order valence-electron chi connectivity index (χ1n) is 8.14. The van der Waals surface area contributed by atoms with Crippen LogP contribution < -0.4 is 5.32 Å². The summed E-state index contributed by atoms with van der Waals surface area (Å²) in [6, 6.07) is 1.94. The SMILES string of the molecule is CC[C@H]1CCc2sc(C(=O)O[C@@H](C)C(=O)NCCOC)cc2C1. The van der Waals surface area contributed by atoms with Gasteiger partial charge in [0.25, 0.3) is 5.91 Å². The van der Waals surface area contributed by atoms with Gasteiger partial charge >= 0.3 is 5.97 Å². The zero-order chi connectivity index (χ0) is 16.8. The molecular formula is C17H25NO4S. The number of carbonyl (C=O) groups is 2. The average molecular weight is 339 g/mol. The number of carbonyl (C=O) groups excluding carboxylic acids is 2. The maximum absolute atomic E-state index is 12.2. The summed E-state index contributed by atoms with van der Waals surface area (Å²) in [4.78, 5) is 26.0. The van der Waals surface area contributed by atoms with E-state index in [1.54, 1.807) is 14.0 Å². The van der Waals surface area contributed by atoms with E-state index in [-0.39, 0.29) is 5.91 Å². The summed E-state index contributed by atoms with van der Waals surface area (Å²) in [6.45, 7) is 4.63. The molecule has 0 spiro atoms. The molecule has 1 amide bonds. The zero-order valence-electron chi connectivity index (χ0n) is 14.0. The normalized spacial score (nSPS) is 18.1. The van der Waals surface area contributed by atoms with Gasteiger partial charge in [-0.25, -0.2) is 4.79 Å². The topological polar surface area (TPSA) is 64.6 Å². The van der Waals surface area contributed by atoms with Crippen LogP contribution in [0.25, 0.3) is 0 Å². The maximum atomic E-state index is 12.2. The minimum Gasteiger partial charge on any atom is -0.448 e. The molecule has 1 N–H and O–H groups in total. The molecule has 5 nitrogen and oxygen atoms in total. The Bertz CT molecular complexity index is 555. The molecule has 0 aliphatic heterocycles. The van der Waals surface area contributed by atoms with Crippen molar-refractivity contribution in [3.05, 3.63) is 21.4 Å². The number of fused-ring (bicyclic) bond motifs is 1. The van der Waals surface area contributed by atoms with Crippen LogP contribution in [-0.4, -0.2) is 38.2 Å². The van der Waals surface area contributed by atoms with E-state index < -0.39 is 12.1 Å². The summed E-state index contributed by atoms with van der Waals surface area (Å²) in [5, 5.41) is 2.66. The molecule has 23 heavy (non-hydrogen) atoms. The molecule has 1 aromatic heterocycles. The Labute approximate surface area is 141 Å². The summed E-state index contributed by atoms with van der Waals surface area (Å²) in [5.74, 6) is 0.000984. The number of rotatable bonds is 7. The van der Waals surface area contributed by atoms with Gasteiger partial charge in [0.15, 0.2) is 6.10 Å². The molecule has 0 saturated carbocycles. The summed E-state index contributed by atoms with van der Waals surface area (Å²) in [7, 11) is 1.57. The van der Waals surface area contributed by atoms with Crippen LogP contribution in [0.15, 0.2) is 6.07 Å². The van der Waals surface area contributed by atoms with E-state index in [1.165, 1.54) is 34.6 Å². The number of amides is 1. The molecule has 1 heterocycles. The largest absolute Gasteiger partial charge is 0.448 e.